The van der Waals surface area contributed by atoms with Crippen LogP contribution in [0, 0.1) is 0 Å². The van der Waals surface area contributed by atoms with Gasteiger partial charge < -0.3 is 10.6 Å². The number of esters is 1. The molecular formula is C11H12N2O2. The van der Waals surface area contributed by atoms with Crippen molar-refractivity contribution in [2.75, 3.05) is 7.11 Å². The van der Waals surface area contributed by atoms with Crippen LogP contribution in [0.2, 0.25) is 0 Å². The number of hydrogen-bond acceptors (Lipinski definition) is 4. The molecule has 0 aliphatic rings. The standard InChI is InChI=1S/C11H12N2O2/c1-15-11(14)10(13-12)8-7-9-5-3-2-4-6-9/h2-8H,12H2,1H3/b8-7+,13-10-. The molecule has 1 aromatic carbocycles. The van der Waals surface area contributed by atoms with Gasteiger partial charge >= 0.3 is 5.97 Å². The molecule has 78 valence electrons. The van der Waals surface area contributed by atoms with Crippen molar-refractivity contribution in [1.82, 2.24) is 0 Å². The van der Waals surface area contributed by atoms with E-state index in [1.54, 1.807) is 6.08 Å². The normalized spacial score (nSPS) is 11.7. The second-order valence-electron chi connectivity index (χ2n) is 2.75. The van der Waals surface area contributed by atoms with Crippen LogP contribution in [0.15, 0.2) is 41.5 Å². The molecule has 0 aliphatic heterocycles. The Kier molecular flexibility index (Phi) is 4.09. The third-order valence-electron chi connectivity index (χ3n) is 1.77. The molecule has 4 heteroatoms. The van der Waals surface area contributed by atoms with Crippen LogP contribution in [-0.2, 0) is 9.53 Å². The van der Waals surface area contributed by atoms with E-state index in [1.807, 2.05) is 30.3 Å². The lowest BCUT2D eigenvalue weighted by Gasteiger charge is -1.96. The van der Waals surface area contributed by atoms with Crippen LogP contribution in [0.4, 0.5) is 0 Å². The van der Waals surface area contributed by atoms with E-state index in [0.29, 0.717) is 0 Å². The molecule has 0 bridgehead atoms. The molecule has 4 nitrogen and oxygen atoms in total. The smallest absolute Gasteiger partial charge is 0.358 e. The highest BCUT2D eigenvalue weighted by Gasteiger charge is 2.06. The molecule has 2 N–H and O–H groups in total. The number of nitrogens with two attached hydrogens (primary N) is 1. The van der Waals surface area contributed by atoms with Crippen molar-refractivity contribution in [3.8, 4) is 0 Å². The van der Waals surface area contributed by atoms with Gasteiger partial charge in [-0.3, -0.25) is 0 Å². The van der Waals surface area contributed by atoms with E-state index in [2.05, 4.69) is 9.84 Å². The number of nitrogens with zero attached hydrogens (tertiary/aromatic N) is 1. The Balaban J connectivity index is 2.77. The van der Waals surface area contributed by atoms with E-state index >= 15 is 0 Å². The van der Waals surface area contributed by atoms with Crippen LogP contribution in [0.25, 0.3) is 6.08 Å². The van der Waals surface area contributed by atoms with Crippen LogP contribution in [0.1, 0.15) is 5.56 Å². The summed E-state index contributed by atoms with van der Waals surface area (Å²) in [5.74, 6) is 4.50. The van der Waals surface area contributed by atoms with Crippen LogP contribution in [0.5, 0.6) is 0 Å². The predicted octanol–water partition coefficient (Wildman–Crippen LogP) is 1.19. The van der Waals surface area contributed by atoms with Crippen LogP contribution < -0.4 is 5.84 Å². The first-order valence-corrected chi connectivity index (χ1v) is 4.37. The van der Waals surface area contributed by atoms with Crippen molar-refractivity contribution in [3.05, 3.63) is 42.0 Å². The molecule has 15 heavy (non-hydrogen) atoms. The largest absolute Gasteiger partial charge is 0.464 e. The molecule has 0 radical (unpaired) electrons. The van der Waals surface area contributed by atoms with Crippen molar-refractivity contribution in [1.29, 1.82) is 0 Å². The fourth-order valence-electron chi connectivity index (χ4n) is 1.01. The summed E-state index contributed by atoms with van der Waals surface area (Å²) in [5.41, 5.74) is 1.05. The Labute approximate surface area is 88.0 Å². The number of methoxy groups -OCH3 is 1. The fraction of sp³-hybridized carbons (Fsp3) is 0.0909. The molecule has 0 aliphatic carbocycles. The number of hydrazone groups is 1. The summed E-state index contributed by atoms with van der Waals surface area (Å²) in [4.78, 5) is 11.1. The average molecular weight is 204 g/mol. The molecule has 0 fully saturated rings. The second kappa shape index (κ2) is 5.59. The average Bonchev–Trinajstić information content (AvgIpc) is 2.31. The van der Waals surface area contributed by atoms with Gasteiger partial charge in [-0.15, -0.1) is 0 Å². The van der Waals surface area contributed by atoms with Gasteiger partial charge in [0.15, 0.2) is 5.71 Å². The van der Waals surface area contributed by atoms with Gasteiger partial charge in [0.2, 0.25) is 0 Å². The number of carbonyl (C=O) groups excluding carboxylic acids is 1. The lowest BCUT2D eigenvalue weighted by molar-refractivity contribution is -0.132. The van der Waals surface area contributed by atoms with Gasteiger partial charge in [0, 0.05) is 0 Å². The van der Waals surface area contributed by atoms with Gasteiger partial charge in [-0.1, -0.05) is 36.4 Å². The van der Waals surface area contributed by atoms with Gasteiger partial charge in [0.25, 0.3) is 0 Å². The number of ether oxygens (including phenoxy) is 1. The number of rotatable bonds is 3. The molecule has 1 aromatic rings. The van der Waals surface area contributed by atoms with Gasteiger partial charge in [-0.05, 0) is 11.6 Å². The molecule has 0 spiro atoms. The first-order chi connectivity index (χ1) is 7.27. The summed E-state index contributed by atoms with van der Waals surface area (Å²) < 4.78 is 4.49. The van der Waals surface area contributed by atoms with Crippen molar-refractivity contribution >= 4 is 17.8 Å². The Bertz CT molecular complexity index is 383. The van der Waals surface area contributed by atoms with Gasteiger partial charge in [-0.25, -0.2) is 4.79 Å². The maximum Gasteiger partial charge on any atom is 0.358 e. The van der Waals surface area contributed by atoms with Gasteiger partial charge in [-0.2, -0.15) is 5.10 Å². The van der Waals surface area contributed by atoms with Crippen LogP contribution >= 0.6 is 0 Å². The van der Waals surface area contributed by atoms with E-state index in [9.17, 15) is 4.79 Å². The van der Waals surface area contributed by atoms with E-state index in [-0.39, 0.29) is 5.71 Å². The summed E-state index contributed by atoms with van der Waals surface area (Å²) in [6.07, 6.45) is 3.25. The molecule has 0 saturated heterocycles. The number of benzene rings is 1. The minimum absolute atomic E-state index is 0.0846. The van der Waals surface area contributed by atoms with Gasteiger partial charge in [0.05, 0.1) is 7.11 Å². The number of carbonyl (C=O) groups is 1. The summed E-state index contributed by atoms with van der Waals surface area (Å²) in [5, 5.41) is 3.33. The maximum atomic E-state index is 11.1. The molecule has 0 aromatic heterocycles. The SMILES string of the molecule is COC(=O)C(/C=C/c1ccccc1)=N\N. The number of hydrogen-bond donors (Lipinski definition) is 1. The summed E-state index contributed by atoms with van der Waals surface area (Å²) in [6.45, 7) is 0. The highest BCUT2D eigenvalue weighted by atomic mass is 16.5. The zero-order chi connectivity index (χ0) is 11.1. The molecule has 0 saturated carbocycles. The Hall–Kier alpha value is -2.10. The lowest BCUT2D eigenvalue weighted by Crippen LogP contribution is -2.14. The Morgan fingerprint density at radius 1 is 1.40 bits per heavy atom. The van der Waals surface area contributed by atoms with Gasteiger partial charge in [0.1, 0.15) is 0 Å². The minimum Gasteiger partial charge on any atom is -0.464 e. The molecule has 0 atom stereocenters. The Morgan fingerprint density at radius 2 is 2.07 bits per heavy atom. The lowest BCUT2D eigenvalue weighted by atomic mass is 10.2. The monoisotopic (exact) mass is 204 g/mol. The Morgan fingerprint density at radius 3 is 2.60 bits per heavy atom. The zero-order valence-electron chi connectivity index (χ0n) is 8.38. The van der Waals surface area contributed by atoms with Crippen molar-refractivity contribution in [2.24, 2.45) is 10.9 Å². The molecule has 0 amide bonds. The van der Waals surface area contributed by atoms with Crippen LogP contribution in [0.3, 0.4) is 0 Å². The molecular weight excluding hydrogens is 192 g/mol. The third-order valence-corrected chi connectivity index (χ3v) is 1.77. The fourth-order valence-corrected chi connectivity index (χ4v) is 1.01. The first-order valence-electron chi connectivity index (χ1n) is 4.37. The first kappa shape index (κ1) is 11.0. The van der Waals surface area contributed by atoms with E-state index < -0.39 is 5.97 Å². The summed E-state index contributed by atoms with van der Waals surface area (Å²) >= 11 is 0. The maximum absolute atomic E-state index is 11.1. The second-order valence-corrected chi connectivity index (χ2v) is 2.75. The van der Waals surface area contributed by atoms with Crippen molar-refractivity contribution < 1.29 is 9.53 Å². The predicted molar refractivity (Wildman–Crippen MR) is 59.1 cm³/mol. The highest BCUT2D eigenvalue weighted by Crippen LogP contribution is 2.01. The van der Waals surface area contributed by atoms with E-state index in [4.69, 9.17) is 5.84 Å². The van der Waals surface area contributed by atoms with E-state index in [0.717, 1.165) is 5.56 Å². The third kappa shape index (κ3) is 3.27. The summed E-state index contributed by atoms with van der Waals surface area (Å²) in [7, 11) is 1.28. The summed E-state index contributed by atoms with van der Waals surface area (Å²) in [6, 6.07) is 9.52. The molecule has 0 unspecified atom stereocenters. The van der Waals surface area contributed by atoms with Crippen molar-refractivity contribution in [2.45, 2.75) is 0 Å². The topological polar surface area (TPSA) is 64.7 Å². The van der Waals surface area contributed by atoms with Crippen LogP contribution in [-0.4, -0.2) is 18.8 Å². The molecule has 1 rings (SSSR count). The van der Waals surface area contributed by atoms with Crippen molar-refractivity contribution in [3.63, 3.8) is 0 Å². The quantitative estimate of drug-likeness (QED) is 0.348. The minimum atomic E-state index is -0.551. The highest BCUT2D eigenvalue weighted by molar-refractivity contribution is 6.41. The zero-order valence-corrected chi connectivity index (χ0v) is 8.38. The van der Waals surface area contributed by atoms with E-state index in [1.165, 1.54) is 13.2 Å². The molecule has 0 heterocycles.